The van der Waals surface area contributed by atoms with E-state index in [1.54, 1.807) is 4.90 Å². The van der Waals surface area contributed by atoms with Crippen molar-refractivity contribution in [3.63, 3.8) is 0 Å². The highest BCUT2D eigenvalue weighted by Gasteiger charge is 2.53. The van der Waals surface area contributed by atoms with Crippen molar-refractivity contribution in [1.82, 2.24) is 15.1 Å². The first-order valence-electron chi connectivity index (χ1n) is 13.1. The zero-order chi connectivity index (χ0) is 27.0. The van der Waals surface area contributed by atoms with Crippen molar-refractivity contribution in [2.75, 3.05) is 19.6 Å². The van der Waals surface area contributed by atoms with Crippen molar-refractivity contribution in [2.24, 2.45) is 5.16 Å². The normalized spacial score (nSPS) is 22.6. The van der Waals surface area contributed by atoms with Crippen molar-refractivity contribution < 1.29 is 23.6 Å². The number of nitrogens with one attached hydrogen (secondary N) is 1. The first kappa shape index (κ1) is 25.9. The van der Waals surface area contributed by atoms with E-state index in [4.69, 9.17) is 4.84 Å². The maximum atomic E-state index is 14.6. The summed E-state index contributed by atoms with van der Waals surface area (Å²) in [6.45, 7) is 6.25. The Balaban J connectivity index is 1.32. The number of amides is 3. The SMILES string of the molecule is CC(=O)N1CC2(CC(C(=O)N3C[C@H](F)C[C@H]3C(=O)N[C@@H](c3ccccc3)c3ccc(C(C)C)cc3)=NO2)C1. The van der Waals surface area contributed by atoms with E-state index in [2.05, 4.69) is 24.3 Å². The molecule has 5 rings (SSSR count). The number of hydrogen-bond acceptors (Lipinski definition) is 5. The maximum Gasteiger partial charge on any atom is 0.272 e. The highest BCUT2D eigenvalue weighted by molar-refractivity contribution is 6.39. The molecule has 3 aliphatic heterocycles. The smallest absolute Gasteiger partial charge is 0.272 e. The van der Waals surface area contributed by atoms with Crippen LogP contribution in [-0.2, 0) is 19.2 Å². The minimum absolute atomic E-state index is 0.0673. The fourth-order valence-corrected chi connectivity index (χ4v) is 5.42. The molecule has 0 aromatic heterocycles. The van der Waals surface area contributed by atoms with Gasteiger partial charge in [-0.1, -0.05) is 73.6 Å². The third-order valence-corrected chi connectivity index (χ3v) is 7.66. The summed E-state index contributed by atoms with van der Waals surface area (Å²) in [5.74, 6) is -0.607. The Morgan fingerprint density at radius 1 is 1.03 bits per heavy atom. The molecule has 1 N–H and O–H groups in total. The standard InChI is InChI=1S/C29H33FN4O4/c1-18(2)20-9-11-22(12-10-20)26(21-7-5-4-6-8-21)31-27(36)25-13-23(30)15-34(25)28(37)24-14-29(38-32-24)16-33(17-29)19(3)35/h4-12,18,23,25-26H,13-17H2,1-3H3,(H,31,36)/t23-,25+,26+/m1/s1. The highest BCUT2D eigenvalue weighted by atomic mass is 19.1. The van der Waals surface area contributed by atoms with Gasteiger partial charge in [0.15, 0.2) is 5.60 Å². The van der Waals surface area contributed by atoms with Gasteiger partial charge < -0.3 is 20.0 Å². The molecule has 3 heterocycles. The second-order valence-electron chi connectivity index (χ2n) is 10.8. The molecule has 0 aliphatic carbocycles. The lowest BCUT2D eigenvalue weighted by Gasteiger charge is -2.44. The number of hydrogen-bond donors (Lipinski definition) is 1. The number of carbonyl (C=O) groups excluding carboxylic acids is 3. The van der Waals surface area contributed by atoms with Crippen molar-refractivity contribution in [3.8, 4) is 0 Å². The molecule has 0 bridgehead atoms. The Bertz CT molecular complexity index is 1240. The summed E-state index contributed by atoms with van der Waals surface area (Å²) >= 11 is 0. The first-order valence-corrected chi connectivity index (χ1v) is 13.1. The molecule has 38 heavy (non-hydrogen) atoms. The largest absolute Gasteiger partial charge is 0.385 e. The summed E-state index contributed by atoms with van der Waals surface area (Å²) < 4.78 is 14.6. The molecular weight excluding hydrogens is 487 g/mol. The Morgan fingerprint density at radius 3 is 2.29 bits per heavy atom. The third-order valence-electron chi connectivity index (χ3n) is 7.66. The lowest BCUT2D eigenvalue weighted by Crippen LogP contribution is -2.63. The second-order valence-corrected chi connectivity index (χ2v) is 10.8. The molecule has 8 nitrogen and oxygen atoms in total. The van der Waals surface area contributed by atoms with Gasteiger partial charge in [0, 0.05) is 19.8 Å². The molecule has 2 fully saturated rings. The van der Waals surface area contributed by atoms with Crippen LogP contribution in [0.1, 0.15) is 62.3 Å². The van der Waals surface area contributed by atoms with Crippen LogP contribution in [0.15, 0.2) is 59.8 Å². The van der Waals surface area contributed by atoms with Gasteiger partial charge in [-0.2, -0.15) is 0 Å². The molecule has 3 aliphatic rings. The molecule has 1 spiro atoms. The van der Waals surface area contributed by atoms with E-state index in [9.17, 15) is 18.8 Å². The number of benzene rings is 2. The zero-order valence-electron chi connectivity index (χ0n) is 21.9. The van der Waals surface area contributed by atoms with Crippen molar-refractivity contribution in [1.29, 1.82) is 0 Å². The molecule has 0 unspecified atom stereocenters. The van der Waals surface area contributed by atoms with E-state index in [0.29, 0.717) is 19.0 Å². The van der Waals surface area contributed by atoms with Crippen molar-refractivity contribution in [2.45, 2.75) is 63.4 Å². The van der Waals surface area contributed by atoms with Crippen LogP contribution in [0, 0.1) is 0 Å². The first-order chi connectivity index (χ1) is 18.2. The average molecular weight is 521 g/mol. The summed E-state index contributed by atoms with van der Waals surface area (Å²) in [5.41, 5.74) is 2.43. The zero-order valence-corrected chi connectivity index (χ0v) is 21.9. The molecular formula is C29H33FN4O4. The highest BCUT2D eigenvalue weighted by Crippen LogP contribution is 2.35. The number of oxime groups is 1. The molecule has 0 radical (unpaired) electrons. The van der Waals surface area contributed by atoms with Gasteiger partial charge in [0.2, 0.25) is 11.8 Å². The Hall–Kier alpha value is -3.75. The Kier molecular flexibility index (Phi) is 6.94. The number of likely N-dealkylation sites (tertiary alicyclic amines) is 2. The topological polar surface area (TPSA) is 91.3 Å². The van der Waals surface area contributed by atoms with Crippen LogP contribution in [0.25, 0.3) is 0 Å². The van der Waals surface area contributed by atoms with E-state index < -0.39 is 35.7 Å². The number of halogens is 1. The second kappa shape index (κ2) is 10.2. The van der Waals surface area contributed by atoms with Gasteiger partial charge in [0.1, 0.15) is 17.9 Å². The third kappa shape index (κ3) is 5.01. The Labute approximate surface area is 221 Å². The fourth-order valence-electron chi connectivity index (χ4n) is 5.42. The summed E-state index contributed by atoms with van der Waals surface area (Å²) in [6, 6.07) is 16.3. The number of nitrogens with zero attached hydrogens (tertiary/aromatic N) is 3. The molecule has 2 saturated heterocycles. The summed E-state index contributed by atoms with van der Waals surface area (Å²) in [5, 5.41) is 7.06. The van der Waals surface area contributed by atoms with Crippen molar-refractivity contribution in [3.05, 3.63) is 71.3 Å². The van der Waals surface area contributed by atoms with Gasteiger partial charge in [-0.05, 0) is 22.6 Å². The van der Waals surface area contributed by atoms with Gasteiger partial charge in [0.05, 0.1) is 25.7 Å². The summed E-state index contributed by atoms with van der Waals surface area (Å²) in [6.07, 6.45) is -1.17. The predicted molar refractivity (Wildman–Crippen MR) is 140 cm³/mol. The van der Waals surface area contributed by atoms with Crippen LogP contribution in [0.5, 0.6) is 0 Å². The van der Waals surface area contributed by atoms with Crippen LogP contribution < -0.4 is 5.32 Å². The molecule has 3 amide bonds. The van der Waals surface area contributed by atoms with Crippen molar-refractivity contribution >= 4 is 23.4 Å². The van der Waals surface area contributed by atoms with Crippen LogP contribution in [0.4, 0.5) is 4.39 Å². The van der Waals surface area contributed by atoms with E-state index in [1.807, 2.05) is 54.6 Å². The lowest BCUT2D eigenvalue weighted by molar-refractivity contribution is -0.159. The summed E-state index contributed by atoms with van der Waals surface area (Å²) in [7, 11) is 0. The van der Waals surface area contributed by atoms with Crippen LogP contribution >= 0.6 is 0 Å². The van der Waals surface area contributed by atoms with Gasteiger partial charge >= 0.3 is 0 Å². The van der Waals surface area contributed by atoms with Crippen LogP contribution in [0.2, 0.25) is 0 Å². The molecule has 3 atom stereocenters. The number of carbonyl (C=O) groups is 3. The van der Waals surface area contributed by atoms with E-state index >= 15 is 0 Å². The average Bonchev–Trinajstić information content (AvgIpc) is 3.51. The molecule has 2 aromatic rings. The molecule has 2 aromatic carbocycles. The maximum absolute atomic E-state index is 14.6. The van der Waals surface area contributed by atoms with Crippen LogP contribution in [0.3, 0.4) is 0 Å². The number of rotatable bonds is 6. The van der Waals surface area contributed by atoms with Gasteiger partial charge in [0.25, 0.3) is 5.91 Å². The fraction of sp³-hybridized carbons (Fsp3) is 0.448. The summed E-state index contributed by atoms with van der Waals surface area (Å²) in [4.78, 5) is 46.9. The monoisotopic (exact) mass is 520 g/mol. The Morgan fingerprint density at radius 2 is 1.66 bits per heavy atom. The molecule has 9 heteroatoms. The van der Waals surface area contributed by atoms with Gasteiger partial charge in [-0.25, -0.2) is 4.39 Å². The van der Waals surface area contributed by atoms with Gasteiger partial charge in [-0.15, -0.1) is 0 Å². The van der Waals surface area contributed by atoms with E-state index in [0.717, 1.165) is 11.1 Å². The van der Waals surface area contributed by atoms with E-state index in [1.165, 1.54) is 17.4 Å². The van der Waals surface area contributed by atoms with Crippen LogP contribution in [-0.4, -0.2) is 70.7 Å². The predicted octanol–water partition coefficient (Wildman–Crippen LogP) is 3.33. The number of alkyl halides is 1. The molecule has 0 saturated carbocycles. The minimum Gasteiger partial charge on any atom is -0.385 e. The van der Waals surface area contributed by atoms with Gasteiger partial charge in [-0.3, -0.25) is 14.4 Å². The quantitative estimate of drug-likeness (QED) is 0.633. The van der Waals surface area contributed by atoms with E-state index in [-0.39, 0.29) is 31.0 Å². The molecule has 200 valence electrons. The minimum atomic E-state index is -1.32. The lowest BCUT2D eigenvalue weighted by atomic mass is 9.88.